The summed E-state index contributed by atoms with van der Waals surface area (Å²) in [6.07, 6.45) is 1.40. The maximum atomic E-state index is 11.0. The minimum absolute atomic E-state index is 0.0783. The molecule has 0 aliphatic rings. The van der Waals surface area contributed by atoms with Gasteiger partial charge >= 0.3 is 0 Å². The lowest BCUT2D eigenvalue weighted by Crippen LogP contribution is -2.10. The fourth-order valence-corrected chi connectivity index (χ4v) is 0.860. The monoisotopic (exact) mass is 154 g/mol. The Bertz CT molecular complexity index is 441. The molecule has 2 rings (SSSR count). The number of hydrogen-bond acceptors (Lipinski definition) is 4. The van der Waals surface area contributed by atoms with Crippen molar-refractivity contribution < 1.29 is 0 Å². The summed E-state index contributed by atoms with van der Waals surface area (Å²) in [7, 11) is 0. The first-order chi connectivity index (χ1) is 5.27. The summed E-state index contributed by atoms with van der Waals surface area (Å²) in [6.45, 7) is 0. The van der Waals surface area contributed by atoms with Crippen molar-refractivity contribution in [1.29, 1.82) is 0 Å². The maximum absolute atomic E-state index is 11.0. The Morgan fingerprint density at radius 3 is 3.18 bits per heavy atom. The molecule has 0 spiro atoms. The number of nitrogens with one attached hydrogen (secondary N) is 2. The van der Waals surface area contributed by atoms with E-state index in [1.165, 1.54) is 6.33 Å². The minimum atomic E-state index is -0.301. The van der Waals surface area contributed by atoms with Gasteiger partial charge in [-0.25, -0.2) is 4.98 Å². The Morgan fingerprint density at radius 2 is 2.36 bits per heavy atom. The smallest absolute Gasteiger partial charge is 0.278 e. The first kappa shape index (κ1) is 5.90. The molecular formula is C5H5N5O. The Labute approximate surface area is 60.5 Å². The number of aromatic amines is 2. The fraction of sp³-hybridized carbons (Fsp3) is 0. The topological polar surface area (TPSA) is 100 Å². The Balaban J connectivity index is 3.02. The van der Waals surface area contributed by atoms with Crippen LogP contribution in [0.15, 0.2) is 11.1 Å². The van der Waals surface area contributed by atoms with E-state index in [4.69, 9.17) is 5.73 Å². The SMILES string of the molecule is Nc1n[13c]2n[13cH][15nH]c2c(=O)[nH]1. The zero-order valence-corrected chi connectivity index (χ0v) is 5.46. The number of H-pyrrole nitrogens is 2. The van der Waals surface area contributed by atoms with Crippen LogP contribution in [-0.2, 0) is 0 Å². The predicted octanol–water partition coefficient (Wildman–Crippen LogP) is -0.772. The van der Waals surface area contributed by atoms with Gasteiger partial charge in [-0.2, -0.15) is 4.98 Å². The van der Waals surface area contributed by atoms with E-state index in [1.807, 2.05) is 0 Å². The van der Waals surface area contributed by atoms with E-state index in [0.29, 0.717) is 11.2 Å². The van der Waals surface area contributed by atoms with Crippen LogP contribution in [0.3, 0.4) is 0 Å². The summed E-state index contributed by atoms with van der Waals surface area (Å²) in [5, 5.41) is 0. The third kappa shape index (κ3) is 0.759. The highest BCUT2D eigenvalue weighted by atomic mass is 16.1. The number of anilines is 1. The van der Waals surface area contributed by atoms with Gasteiger partial charge in [0.15, 0.2) is 11.2 Å². The number of fused-ring (bicyclic) bond motifs is 1. The molecule has 0 amide bonds. The van der Waals surface area contributed by atoms with E-state index in [0.717, 1.165) is 0 Å². The highest BCUT2D eigenvalue weighted by molar-refractivity contribution is 5.69. The normalized spacial score (nSPS) is 10.5. The number of hydrogen-bond donors (Lipinski definition) is 3. The average molecular weight is 154 g/mol. The second kappa shape index (κ2) is 1.82. The van der Waals surface area contributed by atoms with Gasteiger partial charge in [-0.15, -0.1) is 0 Å². The summed E-state index contributed by atoms with van der Waals surface area (Å²) in [5.74, 6) is 0.0783. The van der Waals surface area contributed by atoms with Gasteiger partial charge in [-0.1, -0.05) is 0 Å². The predicted molar refractivity (Wildman–Crippen MR) is 38.9 cm³/mol. The highest BCUT2D eigenvalue weighted by Gasteiger charge is 2.01. The average Bonchev–Trinajstić information content (AvgIpc) is 2.34. The van der Waals surface area contributed by atoms with Gasteiger partial charge in [-0.3, -0.25) is 9.78 Å². The van der Waals surface area contributed by atoms with Gasteiger partial charge in [0.2, 0.25) is 5.95 Å². The lowest BCUT2D eigenvalue weighted by Gasteiger charge is -1.89. The molecular weight excluding hydrogens is 149 g/mol. The second-order valence-corrected chi connectivity index (χ2v) is 2.05. The molecule has 0 aromatic carbocycles. The van der Waals surface area contributed by atoms with Crippen LogP contribution in [0.1, 0.15) is 0 Å². The van der Waals surface area contributed by atoms with E-state index in [-0.39, 0.29) is 11.5 Å². The van der Waals surface area contributed by atoms with Crippen LogP contribution >= 0.6 is 0 Å². The van der Waals surface area contributed by atoms with E-state index < -0.39 is 0 Å². The zero-order valence-electron chi connectivity index (χ0n) is 5.46. The standard InChI is InChI=1S/C5H5N5O/c6-5-9-3-2(4(11)10-5)7-1-8-3/h1H,(H4,6,7,8,9,10,11)/i1+1,3+1,7+1. The molecule has 4 N–H and O–H groups in total. The van der Waals surface area contributed by atoms with Crippen LogP contribution in [0.5, 0.6) is 0 Å². The van der Waals surface area contributed by atoms with Crippen molar-refractivity contribution in [3.05, 3.63) is 16.7 Å². The van der Waals surface area contributed by atoms with Crippen molar-refractivity contribution >= 4 is 17.1 Å². The third-order valence-electron chi connectivity index (χ3n) is 1.31. The van der Waals surface area contributed by atoms with E-state index in [9.17, 15) is 4.79 Å². The van der Waals surface area contributed by atoms with Gasteiger partial charge in [0.1, 0.15) is 0 Å². The molecule has 0 aliphatic carbocycles. The molecule has 6 nitrogen and oxygen atoms in total. The number of rotatable bonds is 0. The molecule has 6 heteroatoms. The van der Waals surface area contributed by atoms with Crippen LogP contribution in [-0.4, -0.2) is 19.9 Å². The summed E-state index contributed by atoms with van der Waals surface area (Å²) < 4.78 is 0. The van der Waals surface area contributed by atoms with Gasteiger partial charge in [0.05, 0.1) is 6.33 Å². The number of nitrogen functional groups attached to an aromatic ring is 1. The third-order valence-corrected chi connectivity index (χ3v) is 1.31. The molecule has 0 saturated carbocycles. The molecule has 2 aromatic heterocycles. The van der Waals surface area contributed by atoms with Crippen LogP contribution in [0.2, 0.25) is 0 Å². The minimum Gasteiger partial charge on any atom is -0.369 e. The number of aromatic nitrogens is 4. The molecule has 0 saturated heterocycles. The molecule has 0 fully saturated rings. The van der Waals surface area contributed by atoms with E-state index in [1.54, 1.807) is 0 Å². The van der Waals surface area contributed by atoms with Crippen molar-refractivity contribution in [2.24, 2.45) is 0 Å². The summed E-state index contributed by atoms with van der Waals surface area (Å²) in [4.78, 5) is 23.5. The van der Waals surface area contributed by atoms with Gasteiger partial charge < -0.3 is 10.7 Å². The highest BCUT2D eigenvalue weighted by Crippen LogP contribution is 1.98. The Kier molecular flexibility index (Phi) is 0.974. The van der Waals surface area contributed by atoms with Crippen molar-refractivity contribution in [3.63, 3.8) is 0 Å². The van der Waals surface area contributed by atoms with Crippen LogP contribution in [0.25, 0.3) is 11.2 Å². The van der Waals surface area contributed by atoms with Crippen molar-refractivity contribution in [3.8, 4) is 0 Å². The van der Waals surface area contributed by atoms with E-state index >= 15 is 0 Å². The molecule has 0 unspecified atom stereocenters. The van der Waals surface area contributed by atoms with Gasteiger partial charge in [0.25, 0.3) is 5.56 Å². The molecule has 2 aromatic rings. The first-order valence-corrected chi connectivity index (χ1v) is 2.96. The van der Waals surface area contributed by atoms with Crippen LogP contribution < -0.4 is 11.3 Å². The molecule has 2 heterocycles. The van der Waals surface area contributed by atoms with Crippen LogP contribution in [0, 0.1) is 0 Å². The number of imidazole rings is 1. The summed E-state index contributed by atoms with van der Waals surface area (Å²) >= 11 is 0. The summed E-state index contributed by atoms with van der Waals surface area (Å²) in [6, 6.07) is 0. The molecule has 0 bridgehead atoms. The van der Waals surface area contributed by atoms with E-state index in [2.05, 4.69) is 19.9 Å². The molecule has 0 radical (unpaired) electrons. The zero-order chi connectivity index (χ0) is 7.84. The van der Waals surface area contributed by atoms with Crippen LogP contribution in [0.4, 0.5) is 5.95 Å². The second-order valence-electron chi connectivity index (χ2n) is 2.05. The Hall–Kier alpha value is -1.85. The van der Waals surface area contributed by atoms with Crippen molar-refractivity contribution in [1.82, 2.24) is 19.9 Å². The molecule has 56 valence electrons. The number of nitrogens with two attached hydrogens (primary N) is 1. The van der Waals surface area contributed by atoms with Crippen molar-refractivity contribution in [2.45, 2.75) is 0 Å². The first-order valence-electron chi connectivity index (χ1n) is 2.96. The molecule has 0 aliphatic heterocycles. The maximum Gasteiger partial charge on any atom is 0.278 e. The lowest BCUT2D eigenvalue weighted by molar-refractivity contribution is 1.17. The quantitative estimate of drug-likeness (QED) is 0.463. The molecule has 0 atom stereocenters. The fourth-order valence-electron chi connectivity index (χ4n) is 0.860. The number of nitrogens with zero attached hydrogens (tertiary/aromatic N) is 2. The summed E-state index contributed by atoms with van der Waals surface area (Å²) in [5.41, 5.74) is 5.65. The Morgan fingerprint density at radius 1 is 1.55 bits per heavy atom. The lowest BCUT2D eigenvalue weighted by atomic mass is 10.7. The molecule has 11 heavy (non-hydrogen) atoms. The van der Waals surface area contributed by atoms with Crippen molar-refractivity contribution in [2.75, 3.05) is 5.73 Å². The van der Waals surface area contributed by atoms with Gasteiger partial charge in [0, 0.05) is 0 Å². The largest absolute Gasteiger partial charge is 0.369 e. The van der Waals surface area contributed by atoms with Gasteiger partial charge in [-0.05, 0) is 0 Å².